The maximum Gasteiger partial charge on any atom is 0.411 e. The molecule has 5 rings (SSSR count). The predicted octanol–water partition coefficient (Wildman–Crippen LogP) is 4.69. The second kappa shape index (κ2) is 7.53. The van der Waals surface area contributed by atoms with Crippen LogP contribution in [0.15, 0.2) is 73.1 Å². The molecule has 0 bridgehead atoms. The number of carbonyl (C=O) groups is 2. The van der Waals surface area contributed by atoms with Gasteiger partial charge in [-0.25, -0.2) is 9.59 Å². The lowest BCUT2D eigenvalue weighted by Crippen LogP contribution is -2.19. The third-order valence-electron chi connectivity index (χ3n) is 5.43. The minimum Gasteiger partial charge on any atom is -0.478 e. The monoisotopic (exact) mass is 411 g/mol. The highest BCUT2D eigenvalue weighted by Crippen LogP contribution is 2.44. The van der Waals surface area contributed by atoms with E-state index in [1.54, 1.807) is 6.07 Å². The number of amides is 1. The molecule has 0 aliphatic heterocycles. The van der Waals surface area contributed by atoms with Crippen molar-refractivity contribution in [1.29, 1.82) is 0 Å². The minimum atomic E-state index is -1.21. The fraction of sp³-hybridized carbons (Fsp3) is 0.0833. The SMILES string of the molecule is O=C(Nc1ccc2nccnc2c1C(=O)O)OCC1c2ccccc2-c2ccccc21. The van der Waals surface area contributed by atoms with Crippen molar-refractivity contribution in [3.05, 3.63) is 89.7 Å². The van der Waals surface area contributed by atoms with E-state index in [0.717, 1.165) is 22.3 Å². The number of nitrogens with zero attached hydrogens (tertiary/aromatic N) is 2. The quantitative estimate of drug-likeness (QED) is 0.505. The minimum absolute atomic E-state index is 0.0837. The van der Waals surface area contributed by atoms with Gasteiger partial charge < -0.3 is 9.84 Å². The van der Waals surface area contributed by atoms with Crippen molar-refractivity contribution in [2.75, 3.05) is 11.9 Å². The fourth-order valence-corrected chi connectivity index (χ4v) is 4.10. The van der Waals surface area contributed by atoms with E-state index in [-0.39, 0.29) is 29.3 Å². The van der Waals surface area contributed by atoms with Gasteiger partial charge in [0.05, 0.1) is 11.2 Å². The van der Waals surface area contributed by atoms with Gasteiger partial charge in [0.2, 0.25) is 0 Å². The number of hydrogen-bond donors (Lipinski definition) is 2. The summed E-state index contributed by atoms with van der Waals surface area (Å²) in [5.74, 6) is -1.29. The average molecular weight is 411 g/mol. The van der Waals surface area contributed by atoms with E-state index in [4.69, 9.17) is 4.74 Å². The van der Waals surface area contributed by atoms with Crippen molar-refractivity contribution < 1.29 is 19.4 Å². The van der Waals surface area contributed by atoms with Gasteiger partial charge in [-0.1, -0.05) is 48.5 Å². The van der Waals surface area contributed by atoms with Crippen LogP contribution in [-0.4, -0.2) is 33.7 Å². The Balaban J connectivity index is 1.38. The Morgan fingerprint density at radius 2 is 1.55 bits per heavy atom. The molecule has 7 nitrogen and oxygen atoms in total. The summed E-state index contributed by atoms with van der Waals surface area (Å²) in [6.45, 7) is 0.135. The topological polar surface area (TPSA) is 101 Å². The highest BCUT2D eigenvalue weighted by Gasteiger charge is 2.29. The summed E-state index contributed by atoms with van der Waals surface area (Å²) in [6.07, 6.45) is 2.16. The Hall–Kier alpha value is -4.26. The van der Waals surface area contributed by atoms with Gasteiger partial charge in [-0.3, -0.25) is 15.3 Å². The lowest BCUT2D eigenvalue weighted by Gasteiger charge is -2.15. The van der Waals surface area contributed by atoms with Gasteiger partial charge >= 0.3 is 12.1 Å². The molecule has 1 aromatic heterocycles. The molecule has 2 N–H and O–H groups in total. The molecule has 4 aromatic rings. The predicted molar refractivity (Wildman–Crippen MR) is 115 cm³/mol. The number of nitrogens with one attached hydrogen (secondary N) is 1. The standard InChI is InChI=1S/C24H17N3O4/c28-23(29)21-19(9-10-20-22(21)26-12-11-25-20)27-24(30)31-13-18-16-7-3-1-5-14(16)15-6-2-4-8-17(15)18/h1-12,18H,13H2,(H,27,30)(H,28,29). The number of carboxylic acid groups (broad SMARTS) is 1. The van der Waals surface area contributed by atoms with Crippen molar-refractivity contribution in [3.8, 4) is 11.1 Å². The number of carbonyl (C=O) groups excluding carboxylic acids is 1. The molecule has 3 aromatic carbocycles. The van der Waals surface area contributed by atoms with Crippen LogP contribution in [0.25, 0.3) is 22.2 Å². The first-order chi connectivity index (χ1) is 15.1. The molecule has 1 aliphatic carbocycles. The molecule has 0 radical (unpaired) electrons. The van der Waals surface area contributed by atoms with Crippen LogP contribution in [0.3, 0.4) is 0 Å². The molecule has 1 amide bonds. The van der Waals surface area contributed by atoms with Crippen LogP contribution < -0.4 is 5.32 Å². The Labute approximate surface area is 177 Å². The van der Waals surface area contributed by atoms with Crippen LogP contribution in [0, 0.1) is 0 Å². The van der Waals surface area contributed by atoms with E-state index >= 15 is 0 Å². The number of anilines is 1. The van der Waals surface area contributed by atoms with E-state index in [2.05, 4.69) is 27.4 Å². The van der Waals surface area contributed by atoms with Gasteiger partial charge in [0.25, 0.3) is 0 Å². The van der Waals surface area contributed by atoms with E-state index in [1.165, 1.54) is 18.5 Å². The fourth-order valence-electron chi connectivity index (χ4n) is 4.10. The zero-order valence-corrected chi connectivity index (χ0v) is 16.3. The largest absolute Gasteiger partial charge is 0.478 e. The zero-order chi connectivity index (χ0) is 21.4. The van der Waals surface area contributed by atoms with E-state index in [1.807, 2.05) is 36.4 Å². The molecule has 7 heteroatoms. The van der Waals surface area contributed by atoms with Gasteiger partial charge in [-0.05, 0) is 34.4 Å². The van der Waals surface area contributed by atoms with Gasteiger partial charge in [0.15, 0.2) is 0 Å². The number of aromatic nitrogens is 2. The van der Waals surface area contributed by atoms with Crippen LogP contribution in [-0.2, 0) is 4.74 Å². The van der Waals surface area contributed by atoms with Crippen LogP contribution in [0.4, 0.5) is 10.5 Å². The van der Waals surface area contributed by atoms with Crippen molar-refractivity contribution in [2.45, 2.75) is 5.92 Å². The molecule has 1 heterocycles. The van der Waals surface area contributed by atoms with E-state index < -0.39 is 12.1 Å². The molecule has 0 spiro atoms. The number of aromatic carboxylic acids is 1. The number of benzene rings is 3. The second-order valence-electron chi connectivity index (χ2n) is 7.17. The zero-order valence-electron chi connectivity index (χ0n) is 16.3. The van der Waals surface area contributed by atoms with Gasteiger partial charge in [-0.2, -0.15) is 0 Å². The Kier molecular flexibility index (Phi) is 4.55. The van der Waals surface area contributed by atoms with Crippen LogP contribution in [0.5, 0.6) is 0 Å². The van der Waals surface area contributed by atoms with Crippen molar-refractivity contribution >= 4 is 28.8 Å². The molecular weight excluding hydrogens is 394 g/mol. The van der Waals surface area contributed by atoms with Crippen LogP contribution >= 0.6 is 0 Å². The number of ether oxygens (including phenoxy) is 1. The molecule has 31 heavy (non-hydrogen) atoms. The first-order valence-corrected chi connectivity index (χ1v) is 9.72. The Bertz CT molecular complexity index is 1290. The summed E-state index contributed by atoms with van der Waals surface area (Å²) in [7, 11) is 0. The summed E-state index contributed by atoms with van der Waals surface area (Å²) in [4.78, 5) is 32.5. The Morgan fingerprint density at radius 1 is 0.903 bits per heavy atom. The van der Waals surface area contributed by atoms with Gasteiger partial charge in [0, 0.05) is 18.3 Å². The molecule has 1 aliphatic rings. The molecular formula is C24H17N3O4. The van der Waals surface area contributed by atoms with E-state index in [9.17, 15) is 14.7 Å². The van der Waals surface area contributed by atoms with Crippen LogP contribution in [0.2, 0.25) is 0 Å². The molecule has 0 fully saturated rings. The average Bonchev–Trinajstić information content (AvgIpc) is 3.11. The summed E-state index contributed by atoms with van der Waals surface area (Å²) in [5.41, 5.74) is 5.08. The molecule has 0 atom stereocenters. The summed E-state index contributed by atoms with van der Waals surface area (Å²) >= 11 is 0. The summed E-state index contributed by atoms with van der Waals surface area (Å²) in [5, 5.41) is 12.2. The van der Waals surface area contributed by atoms with E-state index in [0.29, 0.717) is 5.52 Å². The van der Waals surface area contributed by atoms with Crippen molar-refractivity contribution in [1.82, 2.24) is 9.97 Å². The highest BCUT2D eigenvalue weighted by molar-refractivity contribution is 6.08. The van der Waals surface area contributed by atoms with Crippen molar-refractivity contribution in [2.24, 2.45) is 0 Å². The molecule has 0 unspecified atom stereocenters. The van der Waals surface area contributed by atoms with Gasteiger partial charge in [0.1, 0.15) is 17.7 Å². The first kappa shape index (κ1) is 18.7. The Morgan fingerprint density at radius 3 is 2.23 bits per heavy atom. The number of hydrogen-bond acceptors (Lipinski definition) is 5. The highest BCUT2D eigenvalue weighted by atomic mass is 16.5. The van der Waals surface area contributed by atoms with Gasteiger partial charge in [-0.15, -0.1) is 0 Å². The maximum atomic E-state index is 12.5. The van der Waals surface area contributed by atoms with Crippen molar-refractivity contribution in [3.63, 3.8) is 0 Å². The lowest BCUT2D eigenvalue weighted by molar-refractivity contribution is 0.0700. The second-order valence-corrected chi connectivity index (χ2v) is 7.17. The van der Waals surface area contributed by atoms with Crippen LogP contribution in [0.1, 0.15) is 27.4 Å². The maximum absolute atomic E-state index is 12.5. The summed E-state index contributed by atoms with van der Waals surface area (Å²) < 4.78 is 5.51. The normalized spacial score (nSPS) is 12.3. The number of rotatable bonds is 4. The summed E-state index contributed by atoms with van der Waals surface area (Å²) in [6, 6.07) is 19.2. The third kappa shape index (κ3) is 3.26. The number of carboxylic acids is 1. The molecule has 0 saturated carbocycles. The third-order valence-corrected chi connectivity index (χ3v) is 5.43. The lowest BCUT2D eigenvalue weighted by atomic mass is 9.98. The number of fused-ring (bicyclic) bond motifs is 4. The first-order valence-electron chi connectivity index (χ1n) is 9.72. The molecule has 0 saturated heterocycles. The smallest absolute Gasteiger partial charge is 0.411 e. The molecule has 152 valence electrons.